The molecule has 156 valence electrons. The van der Waals surface area contributed by atoms with Crippen LogP contribution in [0.15, 0.2) is 59.0 Å². The molecule has 0 saturated heterocycles. The van der Waals surface area contributed by atoms with Crippen molar-refractivity contribution >= 4 is 51.5 Å². The van der Waals surface area contributed by atoms with E-state index in [4.69, 9.17) is 32.4 Å². The van der Waals surface area contributed by atoms with Gasteiger partial charge in [-0.25, -0.2) is 4.98 Å². The van der Waals surface area contributed by atoms with Gasteiger partial charge in [0.05, 0.1) is 12.7 Å². The Balaban J connectivity index is 1.63. The maximum atomic E-state index is 12.9. The first-order valence-electron chi connectivity index (χ1n) is 9.22. The monoisotopic (exact) mass is 454 g/mol. The molecule has 0 saturated carbocycles. The molecule has 1 N–H and O–H groups in total. The summed E-state index contributed by atoms with van der Waals surface area (Å²) in [6.45, 7) is 1.80. The number of methoxy groups -OCH3 is 1. The van der Waals surface area contributed by atoms with Crippen molar-refractivity contribution in [2.24, 2.45) is 0 Å². The quantitative estimate of drug-likeness (QED) is 0.298. The molecular weight excluding hydrogens is 439 g/mol. The first-order valence-corrected chi connectivity index (χ1v) is 9.98. The molecule has 0 aliphatic carbocycles. The molecule has 2 aromatic carbocycles. The number of hydrogen-bond acceptors (Lipinski definition) is 5. The van der Waals surface area contributed by atoms with Gasteiger partial charge >= 0.3 is 0 Å². The minimum Gasteiger partial charge on any atom is -0.497 e. The number of ketones is 1. The van der Waals surface area contributed by atoms with Crippen LogP contribution in [0.3, 0.4) is 0 Å². The second-order valence-corrected chi connectivity index (χ2v) is 7.50. The molecule has 1 amide bonds. The van der Waals surface area contributed by atoms with Crippen LogP contribution in [-0.4, -0.2) is 23.8 Å². The number of aryl methyl sites for hydroxylation is 1. The summed E-state index contributed by atoms with van der Waals surface area (Å²) < 4.78 is 10.9. The molecule has 4 rings (SSSR count). The molecular formula is C23H16Cl2N2O4. The number of ether oxygens (including phenoxy) is 1. The Morgan fingerprint density at radius 3 is 2.45 bits per heavy atom. The van der Waals surface area contributed by atoms with Gasteiger partial charge < -0.3 is 14.5 Å². The van der Waals surface area contributed by atoms with Gasteiger partial charge in [-0.05, 0) is 61.5 Å². The summed E-state index contributed by atoms with van der Waals surface area (Å²) in [7, 11) is 1.56. The fourth-order valence-electron chi connectivity index (χ4n) is 3.17. The number of furan rings is 1. The topological polar surface area (TPSA) is 81.4 Å². The number of nitrogens with zero attached hydrogens (tertiary/aromatic N) is 1. The average Bonchev–Trinajstić information content (AvgIpc) is 3.09. The lowest BCUT2D eigenvalue weighted by molar-refractivity contribution is 0.101. The van der Waals surface area contributed by atoms with Crippen molar-refractivity contribution in [2.75, 3.05) is 12.4 Å². The number of amides is 1. The van der Waals surface area contributed by atoms with E-state index in [9.17, 15) is 9.59 Å². The summed E-state index contributed by atoms with van der Waals surface area (Å²) in [4.78, 5) is 29.3. The van der Waals surface area contributed by atoms with E-state index in [1.807, 2.05) is 0 Å². The molecule has 0 spiro atoms. The summed E-state index contributed by atoms with van der Waals surface area (Å²) in [5.74, 6) is 0.244. The van der Waals surface area contributed by atoms with E-state index in [1.54, 1.807) is 56.5 Å². The van der Waals surface area contributed by atoms with Crippen molar-refractivity contribution in [1.29, 1.82) is 0 Å². The minimum absolute atomic E-state index is 0.0120. The van der Waals surface area contributed by atoms with E-state index >= 15 is 0 Å². The molecule has 2 heterocycles. The number of nitrogens with one attached hydrogen (secondary N) is 1. The van der Waals surface area contributed by atoms with Crippen molar-refractivity contribution in [3.8, 4) is 5.75 Å². The number of fused-ring (bicyclic) bond motifs is 1. The van der Waals surface area contributed by atoms with Gasteiger partial charge in [0.15, 0.2) is 5.76 Å². The number of pyridine rings is 1. The van der Waals surface area contributed by atoms with Crippen LogP contribution < -0.4 is 10.1 Å². The highest BCUT2D eigenvalue weighted by atomic mass is 35.5. The Bertz CT molecular complexity index is 1310. The van der Waals surface area contributed by atoms with Crippen LogP contribution in [0.4, 0.5) is 5.69 Å². The SMILES string of the molecule is COc1ccc(C(=O)c2oc3ccc(NC(=O)c4ccc(Cl)nc4Cl)cc3c2C)cc1. The van der Waals surface area contributed by atoms with E-state index in [-0.39, 0.29) is 27.4 Å². The lowest BCUT2D eigenvalue weighted by atomic mass is 10.0. The first-order chi connectivity index (χ1) is 14.9. The minimum atomic E-state index is -0.427. The molecule has 0 bridgehead atoms. The van der Waals surface area contributed by atoms with Crippen molar-refractivity contribution in [1.82, 2.24) is 4.98 Å². The lowest BCUT2D eigenvalue weighted by Gasteiger charge is -2.06. The number of benzene rings is 2. The maximum Gasteiger partial charge on any atom is 0.258 e. The molecule has 0 unspecified atom stereocenters. The van der Waals surface area contributed by atoms with E-state index in [0.717, 1.165) is 5.39 Å². The fraction of sp³-hybridized carbons (Fsp3) is 0.0870. The fourth-order valence-corrected chi connectivity index (χ4v) is 3.60. The zero-order chi connectivity index (χ0) is 22.1. The Kier molecular flexibility index (Phi) is 5.67. The molecule has 0 fully saturated rings. The van der Waals surface area contributed by atoms with Crippen molar-refractivity contribution in [3.05, 3.63) is 87.4 Å². The van der Waals surface area contributed by atoms with E-state index in [2.05, 4.69) is 10.3 Å². The van der Waals surface area contributed by atoms with Gasteiger partial charge in [0.2, 0.25) is 5.78 Å². The summed E-state index contributed by atoms with van der Waals surface area (Å²) in [6, 6.07) is 14.9. The largest absolute Gasteiger partial charge is 0.497 e. The van der Waals surface area contributed by atoms with Crippen LogP contribution in [0.1, 0.15) is 32.0 Å². The number of halogens is 2. The number of anilines is 1. The first kappa shape index (κ1) is 20.9. The molecule has 4 aromatic rings. The third kappa shape index (κ3) is 4.13. The van der Waals surface area contributed by atoms with Gasteiger partial charge in [-0.15, -0.1) is 0 Å². The standard InChI is InChI=1S/C23H16Cl2N2O4/c1-12-17-11-14(26-23(29)16-8-10-19(24)27-22(16)25)5-9-18(17)31-21(12)20(28)13-3-6-15(30-2)7-4-13/h3-11H,1-2H3,(H,26,29). The molecule has 0 aliphatic heterocycles. The Labute approximate surface area is 187 Å². The van der Waals surface area contributed by atoms with Crippen LogP contribution in [-0.2, 0) is 0 Å². The van der Waals surface area contributed by atoms with E-state index in [1.165, 1.54) is 12.1 Å². The molecule has 8 heteroatoms. The lowest BCUT2D eigenvalue weighted by Crippen LogP contribution is -2.12. The number of aromatic nitrogens is 1. The summed E-state index contributed by atoms with van der Waals surface area (Å²) in [5.41, 5.74) is 2.43. The zero-order valence-corrected chi connectivity index (χ0v) is 18.0. The van der Waals surface area contributed by atoms with Crippen molar-refractivity contribution in [3.63, 3.8) is 0 Å². The number of hydrogen-bond donors (Lipinski definition) is 1. The van der Waals surface area contributed by atoms with Crippen molar-refractivity contribution in [2.45, 2.75) is 6.92 Å². The summed E-state index contributed by atoms with van der Waals surface area (Å²) in [5, 5.41) is 3.70. The third-order valence-corrected chi connectivity index (χ3v) is 5.31. The van der Waals surface area contributed by atoms with Crippen LogP contribution in [0, 0.1) is 6.92 Å². The summed E-state index contributed by atoms with van der Waals surface area (Å²) in [6.07, 6.45) is 0. The normalized spacial score (nSPS) is 10.8. The number of carbonyl (C=O) groups is 2. The molecule has 31 heavy (non-hydrogen) atoms. The zero-order valence-electron chi connectivity index (χ0n) is 16.5. The van der Waals surface area contributed by atoms with Crippen LogP contribution in [0.2, 0.25) is 10.3 Å². The number of carbonyl (C=O) groups excluding carboxylic acids is 2. The molecule has 0 atom stereocenters. The average molecular weight is 455 g/mol. The van der Waals surface area contributed by atoms with Gasteiger partial charge in [0.1, 0.15) is 21.6 Å². The van der Waals surface area contributed by atoms with Gasteiger partial charge in [-0.3, -0.25) is 9.59 Å². The van der Waals surface area contributed by atoms with Crippen LogP contribution in [0.25, 0.3) is 11.0 Å². The maximum absolute atomic E-state index is 12.9. The highest BCUT2D eigenvalue weighted by Crippen LogP contribution is 2.30. The number of rotatable bonds is 5. The highest BCUT2D eigenvalue weighted by Gasteiger charge is 2.20. The highest BCUT2D eigenvalue weighted by molar-refractivity contribution is 6.35. The van der Waals surface area contributed by atoms with Gasteiger partial charge in [0, 0.05) is 22.2 Å². The second-order valence-electron chi connectivity index (χ2n) is 6.75. The van der Waals surface area contributed by atoms with Gasteiger partial charge in [-0.1, -0.05) is 23.2 Å². The van der Waals surface area contributed by atoms with Gasteiger partial charge in [-0.2, -0.15) is 0 Å². The smallest absolute Gasteiger partial charge is 0.258 e. The Morgan fingerprint density at radius 1 is 1.03 bits per heavy atom. The summed E-state index contributed by atoms with van der Waals surface area (Å²) >= 11 is 11.8. The van der Waals surface area contributed by atoms with Gasteiger partial charge in [0.25, 0.3) is 5.91 Å². The molecule has 6 nitrogen and oxygen atoms in total. The van der Waals surface area contributed by atoms with E-state index in [0.29, 0.717) is 28.1 Å². The molecule has 2 aromatic heterocycles. The van der Waals surface area contributed by atoms with Crippen LogP contribution in [0.5, 0.6) is 5.75 Å². The predicted molar refractivity (Wildman–Crippen MR) is 120 cm³/mol. The Morgan fingerprint density at radius 2 is 1.77 bits per heavy atom. The second kappa shape index (κ2) is 8.41. The van der Waals surface area contributed by atoms with Crippen molar-refractivity contribution < 1.29 is 18.7 Å². The third-order valence-electron chi connectivity index (χ3n) is 4.81. The predicted octanol–water partition coefficient (Wildman–Crippen LogP) is 5.93. The van der Waals surface area contributed by atoms with Crippen LogP contribution >= 0.6 is 23.2 Å². The van der Waals surface area contributed by atoms with E-state index < -0.39 is 5.91 Å². The molecule has 0 radical (unpaired) electrons. The molecule has 0 aliphatic rings. The Hall–Kier alpha value is -3.35.